The molecule has 8 atom stereocenters. The largest absolute Gasteiger partial charge is 0.481 e. The van der Waals surface area contributed by atoms with Crippen molar-refractivity contribution in [2.75, 3.05) is 20.2 Å². The summed E-state index contributed by atoms with van der Waals surface area (Å²) in [5.74, 6) is 2.55. The van der Waals surface area contributed by atoms with Gasteiger partial charge >= 0.3 is 5.97 Å². The second-order valence-electron chi connectivity index (χ2n) is 10.9. The van der Waals surface area contributed by atoms with Crippen LogP contribution in [-0.2, 0) is 9.08 Å². The Kier molecular flexibility index (Phi) is 8.14. The number of aliphatic hydroxyl groups is 1. The van der Waals surface area contributed by atoms with Gasteiger partial charge in [-0.05, 0) is 105 Å². The molecule has 3 aliphatic carbocycles. The van der Waals surface area contributed by atoms with Crippen molar-refractivity contribution < 1.29 is 19.3 Å². The van der Waals surface area contributed by atoms with Crippen molar-refractivity contribution in [2.45, 2.75) is 84.2 Å². The fraction of sp³-hybridized carbons (Fsp3) is 0.958. The quantitative estimate of drug-likeness (QED) is 0.529. The zero-order valence-corrected chi connectivity index (χ0v) is 19.8. The van der Waals surface area contributed by atoms with Crippen LogP contribution in [0.25, 0.3) is 0 Å². The first-order valence-electron chi connectivity index (χ1n) is 12.0. The molecule has 1 heterocycles. The van der Waals surface area contributed by atoms with E-state index < -0.39 is 5.97 Å². The van der Waals surface area contributed by atoms with E-state index in [1.807, 2.05) is 0 Å². The summed E-state index contributed by atoms with van der Waals surface area (Å²) in [7, 11) is 1.39. The minimum Gasteiger partial charge on any atom is -0.481 e. The number of fused-ring (bicyclic) bond motifs is 5. The summed E-state index contributed by atoms with van der Waals surface area (Å²) in [6.45, 7) is 7.26. The van der Waals surface area contributed by atoms with Crippen LogP contribution < -0.4 is 5.32 Å². The van der Waals surface area contributed by atoms with Crippen molar-refractivity contribution >= 4 is 17.8 Å². The fourth-order valence-corrected chi connectivity index (χ4v) is 8.11. The van der Waals surface area contributed by atoms with Gasteiger partial charge < -0.3 is 15.5 Å². The summed E-state index contributed by atoms with van der Waals surface area (Å²) < 4.78 is 3.72. The van der Waals surface area contributed by atoms with Gasteiger partial charge in [0, 0.05) is 6.42 Å². The summed E-state index contributed by atoms with van der Waals surface area (Å²) in [5.41, 5.74) is 0.775. The molecule has 1 aliphatic heterocycles. The number of aliphatic carboxylic acids is 1. The summed E-state index contributed by atoms with van der Waals surface area (Å²) in [6, 6.07) is 0. The molecule has 3 N–H and O–H groups in total. The molecule has 1 saturated heterocycles. The predicted molar refractivity (Wildman–Crippen MR) is 119 cm³/mol. The third-order valence-electron chi connectivity index (χ3n) is 9.70. The van der Waals surface area contributed by atoms with Crippen LogP contribution in [0.3, 0.4) is 0 Å². The number of halogens is 1. The molecule has 0 aromatic carbocycles. The van der Waals surface area contributed by atoms with Gasteiger partial charge in [0.2, 0.25) is 0 Å². The molecule has 6 heteroatoms. The minimum absolute atomic E-state index is 0.122. The smallest absolute Gasteiger partial charge is 0.303 e. The second kappa shape index (κ2) is 10.1. The van der Waals surface area contributed by atoms with Crippen LogP contribution in [0.2, 0.25) is 0 Å². The molecule has 0 amide bonds. The lowest BCUT2D eigenvalue weighted by Crippen LogP contribution is -2.60. The Bertz CT molecular complexity index is 590. The van der Waals surface area contributed by atoms with Gasteiger partial charge in [-0.2, -0.15) is 0 Å². The lowest BCUT2D eigenvalue weighted by molar-refractivity contribution is -0.159. The number of aliphatic hydroxyl groups excluding tert-OH is 1. The highest BCUT2D eigenvalue weighted by Crippen LogP contribution is 2.66. The maximum absolute atomic E-state index is 11.2. The van der Waals surface area contributed by atoms with Gasteiger partial charge in [0.1, 0.15) is 0 Å². The number of carbonyl (C=O) groups is 1. The van der Waals surface area contributed by atoms with E-state index in [9.17, 15) is 9.90 Å². The van der Waals surface area contributed by atoms with Crippen molar-refractivity contribution in [2.24, 2.45) is 40.4 Å². The average molecular weight is 444 g/mol. The standard InChI is InChI=1S/C23H39NO3.CH3ClO/c1-22-10-9-18-21(19(25)13-16-14-24-12-11-23(16,18)2)17(22)8-7-15(22)5-3-4-6-20(26)27;1-3-2/h15-19,21,24-25H,3-14H2,1-2H3,(H,26,27);1H3. The SMILES string of the molecule is CC12CCC3C(C(O)CC4CNCCC43C)C1CCC2CCCCC(=O)O.COCl. The van der Waals surface area contributed by atoms with Crippen molar-refractivity contribution in [3.63, 3.8) is 0 Å². The van der Waals surface area contributed by atoms with Gasteiger partial charge in [0.15, 0.2) is 0 Å². The molecule has 4 aliphatic rings. The Morgan fingerprint density at radius 1 is 1.13 bits per heavy atom. The molecule has 0 spiro atoms. The molecule has 4 rings (SSSR count). The second-order valence-corrected chi connectivity index (χ2v) is 11.2. The van der Waals surface area contributed by atoms with Crippen LogP contribution in [0.4, 0.5) is 0 Å². The van der Waals surface area contributed by atoms with Gasteiger partial charge in [-0.1, -0.05) is 20.3 Å². The van der Waals surface area contributed by atoms with E-state index >= 15 is 0 Å². The average Bonchev–Trinajstić information content (AvgIpc) is 3.02. The van der Waals surface area contributed by atoms with Crippen molar-refractivity contribution in [3.8, 4) is 0 Å². The van der Waals surface area contributed by atoms with E-state index in [-0.39, 0.29) is 6.10 Å². The first kappa shape index (κ1) is 24.3. The Morgan fingerprint density at radius 2 is 1.83 bits per heavy atom. The maximum atomic E-state index is 11.2. The molecular weight excluding hydrogens is 402 g/mol. The first-order valence-corrected chi connectivity index (χ1v) is 12.3. The van der Waals surface area contributed by atoms with Crippen molar-refractivity contribution in [3.05, 3.63) is 0 Å². The molecule has 0 aromatic heterocycles. The van der Waals surface area contributed by atoms with Crippen LogP contribution in [0.5, 0.6) is 0 Å². The highest BCUT2D eigenvalue weighted by Gasteiger charge is 2.61. The van der Waals surface area contributed by atoms with Gasteiger partial charge in [-0.25, -0.2) is 0 Å². The number of rotatable bonds is 5. The lowest BCUT2D eigenvalue weighted by Gasteiger charge is -2.62. The zero-order chi connectivity index (χ0) is 21.9. The van der Waals surface area contributed by atoms with Gasteiger partial charge in [-0.3, -0.25) is 9.08 Å². The number of hydrogen-bond donors (Lipinski definition) is 3. The van der Waals surface area contributed by atoms with Crippen LogP contribution in [0, 0.1) is 40.4 Å². The van der Waals surface area contributed by atoms with Gasteiger partial charge in [0.05, 0.1) is 25.1 Å². The molecule has 5 nitrogen and oxygen atoms in total. The molecule has 3 saturated carbocycles. The Hall–Kier alpha value is -0.360. The summed E-state index contributed by atoms with van der Waals surface area (Å²) >= 11 is 4.50. The molecule has 174 valence electrons. The first-order chi connectivity index (χ1) is 14.3. The number of piperidine rings is 1. The lowest BCUT2D eigenvalue weighted by atomic mass is 9.45. The molecule has 4 fully saturated rings. The minimum atomic E-state index is -0.666. The van der Waals surface area contributed by atoms with E-state index in [2.05, 4.69) is 35.3 Å². The highest BCUT2D eigenvalue weighted by molar-refractivity contribution is 6.07. The number of hydrogen-bond acceptors (Lipinski definition) is 4. The maximum Gasteiger partial charge on any atom is 0.303 e. The van der Waals surface area contributed by atoms with Crippen LogP contribution in [0.1, 0.15) is 78.1 Å². The zero-order valence-electron chi connectivity index (χ0n) is 19.0. The third kappa shape index (κ3) is 4.55. The molecule has 30 heavy (non-hydrogen) atoms. The monoisotopic (exact) mass is 443 g/mol. The molecular formula is C24H42ClNO4. The Balaban J connectivity index is 0.000000806. The molecule has 0 radical (unpaired) electrons. The summed E-state index contributed by atoms with van der Waals surface area (Å²) in [5, 5.41) is 23.6. The van der Waals surface area contributed by atoms with E-state index in [0.29, 0.717) is 40.9 Å². The summed E-state index contributed by atoms with van der Waals surface area (Å²) in [4.78, 5) is 10.8. The normalized spacial score (nSPS) is 44.8. The van der Waals surface area contributed by atoms with Crippen LogP contribution in [0.15, 0.2) is 0 Å². The van der Waals surface area contributed by atoms with E-state index in [4.69, 9.17) is 5.11 Å². The number of carboxylic acid groups (broad SMARTS) is 1. The number of carboxylic acids is 1. The van der Waals surface area contributed by atoms with Crippen molar-refractivity contribution in [1.29, 1.82) is 0 Å². The summed E-state index contributed by atoms with van der Waals surface area (Å²) in [6.07, 6.45) is 10.6. The predicted octanol–water partition coefficient (Wildman–Crippen LogP) is 4.86. The highest BCUT2D eigenvalue weighted by atomic mass is 35.5. The van der Waals surface area contributed by atoms with E-state index in [0.717, 1.165) is 38.3 Å². The third-order valence-corrected chi connectivity index (χ3v) is 9.70. The molecule has 0 bridgehead atoms. The Morgan fingerprint density at radius 3 is 2.53 bits per heavy atom. The van der Waals surface area contributed by atoms with Crippen molar-refractivity contribution in [1.82, 2.24) is 5.32 Å². The fourth-order valence-electron chi connectivity index (χ4n) is 8.11. The Labute approximate surface area is 187 Å². The van der Waals surface area contributed by atoms with Gasteiger partial charge in [0.25, 0.3) is 0 Å². The number of nitrogens with one attached hydrogen (secondary N) is 1. The van der Waals surface area contributed by atoms with Crippen LogP contribution in [-0.4, -0.2) is 42.5 Å². The van der Waals surface area contributed by atoms with E-state index in [1.54, 1.807) is 0 Å². The topological polar surface area (TPSA) is 78.8 Å². The molecule has 8 unspecified atom stereocenters. The van der Waals surface area contributed by atoms with Gasteiger partial charge in [-0.15, -0.1) is 0 Å². The van der Waals surface area contributed by atoms with Crippen LogP contribution >= 0.6 is 11.9 Å². The van der Waals surface area contributed by atoms with E-state index in [1.165, 1.54) is 45.6 Å². The molecule has 0 aromatic rings. The number of unbranched alkanes of at least 4 members (excludes halogenated alkanes) is 1.